The minimum absolute atomic E-state index is 0.137. The van der Waals surface area contributed by atoms with Crippen molar-refractivity contribution in [1.29, 1.82) is 0 Å². The number of carboxylic acids is 4. The second-order valence-corrected chi connectivity index (χ2v) is 5.21. The lowest BCUT2D eigenvalue weighted by atomic mass is 9.69. The summed E-state index contributed by atoms with van der Waals surface area (Å²) in [6.45, 7) is 0. The quantitative estimate of drug-likeness (QED) is 0.494. The van der Waals surface area contributed by atoms with Crippen molar-refractivity contribution in [2.75, 3.05) is 0 Å². The van der Waals surface area contributed by atoms with Crippen LogP contribution in [0, 0.1) is 5.92 Å². The number of carboxylic acid groups (broad SMARTS) is 4. The van der Waals surface area contributed by atoms with Crippen LogP contribution in [0.5, 0.6) is 0 Å². The molecule has 0 aliphatic heterocycles. The van der Waals surface area contributed by atoms with Gasteiger partial charge in [-0.05, 0) is 17.2 Å². The molecule has 0 fully saturated rings. The maximum atomic E-state index is 11.7. The molecule has 2 rings (SSSR count). The summed E-state index contributed by atoms with van der Waals surface area (Å²) < 4.78 is 0. The second-order valence-electron chi connectivity index (χ2n) is 5.21. The summed E-state index contributed by atoms with van der Waals surface area (Å²) >= 11 is 0. The first kappa shape index (κ1) is 17.9. The first-order valence-electron chi connectivity index (χ1n) is 6.79. The van der Waals surface area contributed by atoms with E-state index in [1.165, 1.54) is 24.3 Å². The number of hydrogen-bond donors (Lipinski definition) is 5. The molecule has 0 saturated carbocycles. The highest BCUT2D eigenvalue weighted by molar-refractivity contribution is 6.13. The number of aliphatic carboxylic acids is 4. The van der Waals surface area contributed by atoms with Crippen LogP contribution in [0.3, 0.4) is 0 Å². The molecule has 130 valence electrons. The Morgan fingerprint density at radius 2 is 1.44 bits per heavy atom. The van der Waals surface area contributed by atoms with Crippen molar-refractivity contribution >= 4 is 29.5 Å². The molecule has 2 atom stereocenters. The lowest BCUT2D eigenvalue weighted by Crippen LogP contribution is -2.55. The van der Waals surface area contributed by atoms with Crippen molar-refractivity contribution in [3.05, 3.63) is 53.1 Å². The number of carbonyl (C=O) groups is 4. The molecule has 0 aromatic heterocycles. The van der Waals surface area contributed by atoms with Crippen LogP contribution >= 0.6 is 0 Å². The standard InChI is InChI=1S/C16H12O9/c17-12(18)9-6-8(7-4-2-1-3-5-7)10(13(19)20)16(25,15(23)24)11(9)14(21)22/h1-6,10,25H,(H,17,18)(H,19,20)(H,21,22)(H,23,24). The summed E-state index contributed by atoms with van der Waals surface area (Å²) in [6, 6.07) is 7.34. The number of rotatable bonds is 5. The lowest BCUT2D eigenvalue weighted by molar-refractivity contribution is -0.168. The zero-order valence-electron chi connectivity index (χ0n) is 12.4. The molecule has 0 heterocycles. The minimum Gasteiger partial charge on any atom is -0.481 e. The van der Waals surface area contributed by atoms with E-state index in [-0.39, 0.29) is 11.1 Å². The van der Waals surface area contributed by atoms with Crippen LogP contribution in [0.4, 0.5) is 0 Å². The van der Waals surface area contributed by atoms with Gasteiger partial charge >= 0.3 is 23.9 Å². The monoisotopic (exact) mass is 348 g/mol. The molecular formula is C16H12O9. The maximum Gasteiger partial charge on any atom is 0.342 e. The van der Waals surface area contributed by atoms with E-state index in [1.807, 2.05) is 0 Å². The Kier molecular flexibility index (Phi) is 4.44. The Balaban J connectivity index is 2.94. The molecule has 1 aliphatic carbocycles. The fourth-order valence-corrected chi connectivity index (χ4v) is 2.76. The molecule has 9 heteroatoms. The van der Waals surface area contributed by atoms with Gasteiger partial charge in [-0.1, -0.05) is 30.3 Å². The van der Waals surface area contributed by atoms with Crippen molar-refractivity contribution in [2.45, 2.75) is 5.60 Å². The number of benzene rings is 1. The molecule has 0 bridgehead atoms. The SMILES string of the molecule is O=C(O)C1=C(C(=O)O)C(O)(C(=O)O)C(C(=O)O)C(c2ccccc2)=C1. The fourth-order valence-electron chi connectivity index (χ4n) is 2.76. The zero-order chi connectivity index (χ0) is 18.9. The Morgan fingerprint density at radius 3 is 1.84 bits per heavy atom. The molecule has 0 spiro atoms. The van der Waals surface area contributed by atoms with E-state index in [0.717, 1.165) is 6.08 Å². The van der Waals surface area contributed by atoms with E-state index in [1.54, 1.807) is 6.07 Å². The van der Waals surface area contributed by atoms with Gasteiger partial charge in [-0.3, -0.25) is 4.79 Å². The van der Waals surface area contributed by atoms with Gasteiger partial charge in [-0.15, -0.1) is 0 Å². The third-order valence-corrected chi connectivity index (χ3v) is 3.80. The molecular weight excluding hydrogens is 336 g/mol. The van der Waals surface area contributed by atoms with E-state index >= 15 is 0 Å². The van der Waals surface area contributed by atoms with E-state index in [4.69, 9.17) is 0 Å². The minimum atomic E-state index is -3.47. The maximum absolute atomic E-state index is 11.7. The average Bonchev–Trinajstić information content (AvgIpc) is 2.53. The first-order valence-corrected chi connectivity index (χ1v) is 6.79. The molecule has 2 unspecified atom stereocenters. The van der Waals surface area contributed by atoms with Gasteiger partial charge < -0.3 is 25.5 Å². The number of aliphatic hydroxyl groups is 1. The van der Waals surface area contributed by atoms with Crippen LogP contribution < -0.4 is 0 Å². The van der Waals surface area contributed by atoms with Gasteiger partial charge in [-0.2, -0.15) is 0 Å². The third-order valence-electron chi connectivity index (χ3n) is 3.80. The highest BCUT2D eigenvalue weighted by Gasteiger charge is 2.59. The van der Waals surface area contributed by atoms with Gasteiger partial charge in [0.05, 0.1) is 11.1 Å². The second kappa shape index (κ2) is 6.21. The van der Waals surface area contributed by atoms with Crippen molar-refractivity contribution in [2.24, 2.45) is 5.92 Å². The summed E-state index contributed by atoms with van der Waals surface area (Å²) in [5, 5.41) is 47.8. The van der Waals surface area contributed by atoms with E-state index in [2.05, 4.69) is 0 Å². The van der Waals surface area contributed by atoms with Gasteiger partial charge in [0.1, 0.15) is 5.92 Å². The van der Waals surface area contributed by atoms with Crippen LogP contribution in [0.15, 0.2) is 47.6 Å². The average molecular weight is 348 g/mol. The van der Waals surface area contributed by atoms with Crippen molar-refractivity contribution in [3.63, 3.8) is 0 Å². The predicted molar refractivity (Wildman–Crippen MR) is 80.4 cm³/mol. The largest absolute Gasteiger partial charge is 0.481 e. The summed E-state index contributed by atoms with van der Waals surface area (Å²) in [4.78, 5) is 46.1. The van der Waals surface area contributed by atoms with Gasteiger partial charge in [0.15, 0.2) is 0 Å². The smallest absolute Gasteiger partial charge is 0.342 e. The van der Waals surface area contributed by atoms with Gasteiger partial charge in [0.25, 0.3) is 0 Å². The third kappa shape index (κ3) is 2.76. The summed E-state index contributed by atoms with van der Waals surface area (Å²) in [5.41, 5.74) is -6.09. The zero-order valence-corrected chi connectivity index (χ0v) is 12.4. The van der Waals surface area contributed by atoms with Crippen LogP contribution in [0.2, 0.25) is 0 Å². The Bertz CT molecular complexity index is 834. The molecule has 0 radical (unpaired) electrons. The highest BCUT2D eigenvalue weighted by atomic mass is 16.4. The highest BCUT2D eigenvalue weighted by Crippen LogP contribution is 2.43. The normalized spacial score (nSPS) is 22.9. The first-order chi connectivity index (χ1) is 11.6. The van der Waals surface area contributed by atoms with Crippen LogP contribution in [0.25, 0.3) is 5.57 Å². The molecule has 0 saturated heterocycles. The molecule has 5 N–H and O–H groups in total. The van der Waals surface area contributed by atoms with E-state index in [0.29, 0.717) is 0 Å². The molecule has 1 aromatic rings. The summed E-state index contributed by atoms with van der Waals surface area (Å²) in [5.74, 6) is -10.1. The van der Waals surface area contributed by atoms with Crippen molar-refractivity contribution in [1.82, 2.24) is 0 Å². The van der Waals surface area contributed by atoms with E-state index in [9.17, 15) is 44.7 Å². The molecule has 9 nitrogen and oxygen atoms in total. The van der Waals surface area contributed by atoms with E-state index < -0.39 is 46.5 Å². The molecule has 1 aliphatic rings. The lowest BCUT2D eigenvalue weighted by Gasteiger charge is -2.35. The van der Waals surface area contributed by atoms with Gasteiger partial charge in [0, 0.05) is 0 Å². The van der Waals surface area contributed by atoms with Crippen LogP contribution in [0.1, 0.15) is 5.56 Å². The molecule has 25 heavy (non-hydrogen) atoms. The molecule has 0 amide bonds. The topological polar surface area (TPSA) is 169 Å². The Morgan fingerprint density at radius 1 is 0.880 bits per heavy atom. The Hall–Kier alpha value is -3.46. The number of hydrogen-bond acceptors (Lipinski definition) is 5. The summed E-state index contributed by atoms with van der Waals surface area (Å²) in [6.07, 6.45) is 0.761. The van der Waals surface area contributed by atoms with Gasteiger partial charge in [-0.25, -0.2) is 14.4 Å². The fraction of sp³-hybridized carbons (Fsp3) is 0.125. The predicted octanol–water partition coefficient (Wildman–Crippen LogP) is 0.0659. The Labute approximate surface area is 139 Å². The summed E-state index contributed by atoms with van der Waals surface area (Å²) in [7, 11) is 0. The van der Waals surface area contributed by atoms with Crippen LogP contribution in [-0.4, -0.2) is 55.0 Å². The molecule has 1 aromatic carbocycles. The van der Waals surface area contributed by atoms with Gasteiger partial charge in [0.2, 0.25) is 5.60 Å². The van der Waals surface area contributed by atoms with Crippen molar-refractivity contribution < 1.29 is 44.7 Å². The van der Waals surface area contributed by atoms with Crippen LogP contribution in [-0.2, 0) is 19.2 Å². The van der Waals surface area contributed by atoms with Crippen molar-refractivity contribution in [3.8, 4) is 0 Å².